The first kappa shape index (κ1) is 14.4. The van der Waals surface area contributed by atoms with Gasteiger partial charge in [-0.2, -0.15) is 0 Å². The van der Waals surface area contributed by atoms with E-state index in [1.54, 1.807) is 12.1 Å². The van der Waals surface area contributed by atoms with Crippen molar-refractivity contribution in [2.45, 2.75) is 39.0 Å². The summed E-state index contributed by atoms with van der Waals surface area (Å²) in [5.41, 5.74) is 1.52. The maximum atomic E-state index is 11.0. The first-order valence-electron chi connectivity index (χ1n) is 6.76. The zero-order chi connectivity index (χ0) is 13.9. The van der Waals surface area contributed by atoms with E-state index in [2.05, 4.69) is 28.2 Å². The predicted molar refractivity (Wildman–Crippen MR) is 80.8 cm³/mol. The normalized spacial score (nSPS) is 18.0. The molecule has 0 atom stereocenters. The molecule has 0 saturated heterocycles. The number of carboxylic acids is 1. The monoisotopic (exact) mass is 325 g/mol. The van der Waals surface area contributed by atoms with Crippen LogP contribution < -0.4 is 5.32 Å². The lowest BCUT2D eigenvalue weighted by molar-refractivity contribution is 0.0697. The van der Waals surface area contributed by atoms with Crippen LogP contribution in [0.5, 0.6) is 0 Å². The minimum absolute atomic E-state index is 0.311. The van der Waals surface area contributed by atoms with Gasteiger partial charge in [-0.1, -0.05) is 42.1 Å². The van der Waals surface area contributed by atoms with E-state index >= 15 is 0 Å². The van der Waals surface area contributed by atoms with E-state index in [1.165, 1.54) is 32.1 Å². The molecule has 0 spiro atoms. The fourth-order valence-corrected chi connectivity index (χ4v) is 3.21. The SMILES string of the molecule is CC1(CNc2cc(Br)cc(C(=O)O)c2)CCCCC1. The molecule has 0 aliphatic heterocycles. The van der Waals surface area contributed by atoms with Crippen LogP contribution >= 0.6 is 15.9 Å². The van der Waals surface area contributed by atoms with Gasteiger partial charge in [-0.25, -0.2) is 4.79 Å². The summed E-state index contributed by atoms with van der Waals surface area (Å²) < 4.78 is 0.795. The molecular formula is C15H20BrNO2. The van der Waals surface area contributed by atoms with E-state index in [4.69, 9.17) is 5.11 Å². The molecule has 0 amide bonds. The number of anilines is 1. The van der Waals surface area contributed by atoms with Crippen molar-refractivity contribution in [1.29, 1.82) is 0 Å². The third-order valence-electron chi connectivity index (χ3n) is 3.92. The zero-order valence-electron chi connectivity index (χ0n) is 11.2. The summed E-state index contributed by atoms with van der Waals surface area (Å²) in [6, 6.07) is 5.24. The molecule has 3 nitrogen and oxygen atoms in total. The summed E-state index contributed by atoms with van der Waals surface area (Å²) in [6.45, 7) is 3.22. The highest BCUT2D eigenvalue weighted by Gasteiger charge is 2.26. The number of carboxylic acid groups (broad SMARTS) is 1. The standard InChI is InChI=1S/C15H20BrNO2/c1-15(5-3-2-4-6-15)10-17-13-8-11(14(18)19)7-12(16)9-13/h7-9,17H,2-6,10H2,1H3,(H,18,19). The Balaban J connectivity index is 2.04. The van der Waals surface area contributed by atoms with Crippen LogP contribution in [0.15, 0.2) is 22.7 Å². The molecule has 1 aliphatic carbocycles. The molecule has 104 valence electrons. The fraction of sp³-hybridized carbons (Fsp3) is 0.533. The Labute approximate surface area is 122 Å². The molecule has 1 aromatic carbocycles. The topological polar surface area (TPSA) is 49.3 Å². The fourth-order valence-electron chi connectivity index (χ4n) is 2.71. The van der Waals surface area contributed by atoms with Gasteiger partial charge in [0.15, 0.2) is 0 Å². The average Bonchev–Trinajstić information content (AvgIpc) is 2.37. The van der Waals surface area contributed by atoms with Gasteiger partial charge in [-0.15, -0.1) is 0 Å². The van der Waals surface area contributed by atoms with E-state index in [1.807, 2.05) is 6.07 Å². The number of aromatic carboxylic acids is 1. The van der Waals surface area contributed by atoms with Gasteiger partial charge in [0.2, 0.25) is 0 Å². The van der Waals surface area contributed by atoms with Crippen LogP contribution in [-0.4, -0.2) is 17.6 Å². The summed E-state index contributed by atoms with van der Waals surface area (Å²) in [5.74, 6) is -0.895. The second-order valence-electron chi connectivity index (χ2n) is 5.76. The van der Waals surface area contributed by atoms with Crippen LogP contribution in [-0.2, 0) is 0 Å². The third kappa shape index (κ3) is 3.96. The Morgan fingerprint density at radius 1 is 1.32 bits per heavy atom. The number of benzene rings is 1. The Morgan fingerprint density at radius 2 is 2.00 bits per heavy atom. The molecule has 0 radical (unpaired) electrons. The highest BCUT2D eigenvalue weighted by atomic mass is 79.9. The lowest BCUT2D eigenvalue weighted by Gasteiger charge is -2.34. The van der Waals surface area contributed by atoms with Gasteiger partial charge < -0.3 is 10.4 Å². The maximum Gasteiger partial charge on any atom is 0.335 e. The molecule has 0 aromatic heterocycles. The van der Waals surface area contributed by atoms with Crippen molar-refractivity contribution < 1.29 is 9.90 Å². The quantitative estimate of drug-likeness (QED) is 0.855. The van der Waals surface area contributed by atoms with E-state index in [-0.39, 0.29) is 0 Å². The van der Waals surface area contributed by atoms with E-state index in [0.29, 0.717) is 11.0 Å². The van der Waals surface area contributed by atoms with Crippen molar-refractivity contribution in [1.82, 2.24) is 0 Å². The molecule has 0 unspecified atom stereocenters. The van der Waals surface area contributed by atoms with Crippen molar-refractivity contribution >= 4 is 27.6 Å². The van der Waals surface area contributed by atoms with Crippen LogP contribution in [0.1, 0.15) is 49.4 Å². The average molecular weight is 326 g/mol. The Kier molecular flexibility index (Phi) is 4.50. The molecule has 1 fully saturated rings. The number of carbonyl (C=O) groups is 1. The minimum Gasteiger partial charge on any atom is -0.478 e. The highest BCUT2D eigenvalue weighted by molar-refractivity contribution is 9.10. The highest BCUT2D eigenvalue weighted by Crippen LogP contribution is 2.36. The van der Waals surface area contributed by atoms with E-state index < -0.39 is 5.97 Å². The molecule has 0 bridgehead atoms. The molecular weight excluding hydrogens is 306 g/mol. The molecule has 1 saturated carbocycles. The van der Waals surface area contributed by atoms with Gasteiger partial charge in [0.05, 0.1) is 5.56 Å². The lowest BCUT2D eigenvalue weighted by Crippen LogP contribution is -2.28. The molecule has 1 aromatic rings. The van der Waals surface area contributed by atoms with Gasteiger partial charge in [0, 0.05) is 16.7 Å². The second kappa shape index (κ2) is 5.95. The number of hydrogen-bond acceptors (Lipinski definition) is 2. The zero-order valence-corrected chi connectivity index (χ0v) is 12.8. The van der Waals surface area contributed by atoms with Crippen molar-refractivity contribution in [3.8, 4) is 0 Å². The summed E-state index contributed by atoms with van der Waals surface area (Å²) in [5, 5.41) is 12.5. The summed E-state index contributed by atoms with van der Waals surface area (Å²) >= 11 is 3.36. The van der Waals surface area contributed by atoms with Crippen molar-refractivity contribution in [2.75, 3.05) is 11.9 Å². The van der Waals surface area contributed by atoms with Gasteiger partial charge in [-0.05, 0) is 36.5 Å². The Hall–Kier alpha value is -1.03. The number of halogens is 1. The summed E-state index contributed by atoms with van der Waals surface area (Å²) in [7, 11) is 0. The van der Waals surface area contributed by atoms with Crippen LogP contribution in [0.2, 0.25) is 0 Å². The van der Waals surface area contributed by atoms with Crippen LogP contribution in [0.3, 0.4) is 0 Å². The van der Waals surface area contributed by atoms with Crippen molar-refractivity contribution in [3.05, 3.63) is 28.2 Å². The molecule has 2 rings (SSSR count). The van der Waals surface area contributed by atoms with Crippen LogP contribution in [0.4, 0.5) is 5.69 Å². The number of rotatable bonds is 4. The van der Waals surface area contributed by atoms with E-state index in [9.17, 15) is 4.79 Å². The molecule has 4 heteroatoms. The van der Waals surface area contributed by atoms with Crippen LogP contribution in [0, 0.1) is 5.41 Å². The molecule has 19 heavy (non-hydrogen) atoms. The number of nitrogens with one attached hydrogen (secondary N) is 1. The molecule has 2 N–H and O–H groups in total. The Bertz CT molecular complexity index is 467. The summed E-state index contributed by atoms with van der Waals surface area (Å²) in [4.78, 5) is 11.0. The lowest BCUT2D eigenvalue weighted by atomic mass is 9.76. The van der Waals surface area contributed by atoms with Gasteiger partial charge in [0.1, 0.15) is 0 Å². The molecule has 0 heterocycles. The largest absolute Gasteiger partial charge is 0.478 e. The second-order valence-corrected chi connectivity index (χ2v) is 6.67. The maximum absolute atomic E-state index is 11.0. The van der Waals surface area contributed by atoms with Crippen molar-refractivity contribution in [2.24, 2.45) is 5.41 Å². The predicted octanol–water partition coefficient (Wildman–Crippen LogP) is 4.53. The first-order chi connectivity index (χ1) is 8.98. The smallest absolute Gasteiger partial charge is 0.335 e. The third-order valence-corrected chi connectivity index (χ3v) is 4.38. The van der Waals surface area contributed by atoms with Crippen molar-refractivity contribution in [3.63, 3.8) is 0 Å². The van der Waals surface area contributed by atoms with E-state index in [0.717, 1.165) is 16.7 Å². The molecule has 1 aliphatic rings. The first-order valence-corrected chi connectivity index (χ1v) is 7.56. The van der Waals surface area contributed by atoms with Gasteiger partial charge >= 0.3 is 5.97 Å². The van der Waals surface area contributed by atoms with Crippen LogP contribution in [0.25, 0.3) is 0 Å². The Morgan fingerprint density at radius 3 is 2.63 bits per heavy atom. The number of hydrogen-bond donors (Lipinski definition) is 2. The van der Waals surface area contributed by atoms with Gasteiger partial charge in [-0.3, -0.25) is 0 Å². The summed E-state index contributed by atoms with van der Waals surface area (Å²) in [6.07, 6.45) is 6.45. The van der Waals surface area contributed by atoms with Gasteiger partial charge in [0.25, 0.3) is 0 Å². The minimum atomic E-state index is -0.895.